The number of aryl methyl sites for hydroxylation is 2. The Morgan fingerprint density at radius 1 is 1.41 bits per heavy atom. The monoisotopic (exact) mass is 305 g/mol. The zero-order valence-corrected chi connectivity index (χ0v) is 13.9. The molecule has 1 saturated heterocycles. The van der Waals surface area contributed by atoms with Crippen molar-refractivity contribution in [3.63, 3.8) is 0 Å². The lowest BCUT2D eigenvalue weighted by Gasteiger charge is -2.32. The van der Waals surface area contributed by atoms with Gasteiger partial charge in [-0.1, -0.05) is 0 Å². The number of carbonyl (C=O) groups is 1. The fraction of sp³-hybridized carbons (Fsp3) is 0.647. The Kier molecular flexibility index (Phi) is 6.34. The van der Waals surface area contributed by atoms with Crippen molar-refractivity contribution in [3.05, 3.63) is 29.1 Å². The largest absolute Gasteiger partial charge is 0.379 e. The van der Waals surface area contributed by atoms with Crippen LogP contribution in [0, 0.1) is 13.8 Å². The van der Waals surface area contributed by atoms with Crippen molar-refractivity contribution in [2.75, 3.05) is 26.3 Å². The summed E-state index contributed by atoms with van der Waals surface area (Å²) >= 11 is 0. The third-order valence-electron chi connectivity index (χ3n) is 4.29. The molecule has 0 radical (unpaired) electrons. The molecule has 1 aliphatic heterocycles. The van der Waals surface area contributed by atoms with E-state index in [2.05, 4.69) is 29.0 Å². The number of nitrogens with one attached hydrogen (secondary N) is 1. The van der Waals surface area contributed by atoms with Gasteiger partial charge < -0.3 is 10.1 Å². The van der Waals surface area contributed by atoms with Gasteiger partial charge in [0.2, 0.25) is 5.91 Å². The van der Waals surface area contributed by atoms with E-state index in [0.717, 1.165) is 44.0 Å². The number of hydrogen-bond donors (Lipinski definition) is 1. The van der Waals surface area contributed by atoms with E-state index in [0.29, 0.717) is 19.0 Å². The Morgan fingerprint density at radius 2 is 2.14 bits per heavy atom. The van der Waals surface area contributed by atoms with Crippen molar-refractivity contribution < 1.29 is 9.53 Å². The van der Waals surface area contributed by atoms with Gasteiger partial charge in [-0.3, -0.25) is 14.7 Å². The topological polar surface area (TPSA) is 54.5 Å². The van der Waals surface area contributed by atoms with Crippen LogP contribution >= 0.6 is 0 Å². The van der Waals surface area contributed by atoms with Gasteiger partial charge in [0.15, 0.2) is 0 Å². The van der Waals surface area contributed by atoms with Crippen LogP contribution in [0.5, 0.6) is 0 Å². The molecule has 2 rings (SSSR count). The molecule has 1 aliphatic rings. The van der Waals surface area contributed by atoms with Crippen LogP contribution in [-0.2, 0) is 16.1 Å². The number of carbonyl (C=O) groups excluding carboxylic acids is 1. The maximum atomic E-state index is 12.0. The minimum Gasteiger partial charge on any atom is -0.379 e. The number of nitrogens with zero attached hydrogens (tertiary/aromatic N) is 2. The maximum absolute atomic E-state index is 12.0. The molecule has 0 unspecified atom stereocenters. The molecule has 1 aromatic heterocycles. The predicted molar refractivity (Wildman–Crippen MR) is 86.6 cm³/mol. The van der Waals surface area contributed by atoms with Gasteiger partial charge in [0, 0.05) is 44.0 Å². The average molecular weight is 305 g/mol. The summed E-state index contributed by atoms with van der Waals surface area (Å²) in [7, 11) is 0. The first-order valence-electron chi connectivity index (χ1n) is 8.07. The summed E-state index contributed by atoms with van der Waals surface area (Å²) in [6, 6.07) is 2.47. The van der Waals surface area contributed by atoms with Crippen LogP contribution < -0.4 is 5.32 Å². The molecule has 1 atom stereocenters. The van der Waals surface area contributed by atoms with Crippen LogP contribution in [0.2, 0.25) is 0 Å². The standard InChI is InChI=1S/C17H27N3O2/c1-13-10-14(2)18-11-16(13)12-19-17(21)5-4-15(3)20-6-8-22-9-7-20/h10-11,15H,4-9,12H2,1-3H3,(H,19,21)/t15-/m0/s1. The number of morpholine rings is 1. The van der Waals surface area contributed by atoms with Crippen molar-refractivity contribution >= 4 is 5.91 Å². The van der Waals surface area contributed by atoms with Gasteiger partial charge in [-0.15, -0.1) is 0 Å². The van der Waals surface area contributed by atoms with Crippen LogP contribution in [0.3, 0.4) is 0 Å². The quantitative estimate of drug-likeness (QED) is 0.871. The van der Waals surface area contributed by atoms with E-state index in [4.69, 9.17) is 4.74 Å². The van der Waals surface area contributed by atoms with Gasteiger partial charge in [0.1, 0.15) is 0 Å². The molecular weight excluding hydrogens is 278 g/mol. The van der Waals surface area contributed by atoms with Crippen molar-refractivity contribution in [2.45, 2.75) is 46.2 Å². The van der Waals surface area contributed by atoms with Gasteiger partial charge >= 0.3 is 0 Å². The Bertz CT molecular complexity index is 499. The molecule has 5 nitrogen and oxygen atoms in total. The lowest BCUT2D eigenvalue weighted by atomic mass is 10.1. The summed E-state index contributed by atoms with van der Waals surface area (Å²) in [5.41, 5.74) is 3.27. The molecule has 0 aromatic carbocycles. The molecule has 1 amide bonds. The Morgan fingerprint density at radius 3 is 2.82 bits per heavy atom. The van der Waals surface area contributed by atoms with Crippen molar-refractivity contribution in [1.82, 2.24) is 15.2 Å². The molecule has 1 N–H and O–H groups in total. The third kappa shape index (κ3) is 5.07. The van der Waals surface area contributed by atoms with Gasteiger partial charge in [0.05, 0.1) is 13.2 Å². The molecule has 22 heavy (non-hydrogen) atoms. The normalized spacial score (nSPS) is 17.2. The van der Waals surface area contributed by atoms with E-state index < -0.39 is 0 Å². The Hall–Kier alpha value is -1.46. The molecule has 1 fully saturated rings. The minimum absolute atomic E-state index is 0.111. The third-order valence-corrected chi connectivity index (χ3v) is 4.29. The van der Waals surface area contributed by atoms with Gasteiger partial charge in [0.25, 0.3) is 0 Å². The van der Waals surface area contributed by atoms with Crippen LogP contribution in [0.1, 0.15) is 36.6 Å². The summed E-state index contributed by atoms with van der Waals surface area (Å²) in [5.74, 6) is 0.111. The van der Waals surface area contributed by atoms with Gasteiger partial charge in [-0.2, -0.15) is 0 Å². The maximum Gasteiger partial charge on any atom is 0.220 e. The lowest BCUT2D eigenvalue weighted by molar-refractivity contribution is -0.121. The molecule has 0 aliphatic carbocycles. The molecule has 2 heterocycles. The van der Waals surface area contributed by atoms with Crippen LogP contribution in [0.25, 0.3) is 0 Å². The number of ether oxygens (including phenoxy) is 1. The van der Waals surface area contributed by atoms with Crippen molar-refractivity contribution in [1.29, 1.82) is 0 Å². The molecule has 1 aromatic rings. The molecule has 0 saturated carbocycles. The predicted octanol–water partition coefficient (Wildman–Crippen LogP) is 1.82. The van der Waals surface area contributed by atoms with Crippen LogP contribution in [-0.4, -0.2) is 48.1 Å². The summed E-state index contributed by atoms with van der Waals surface area (Å²) in [6.07, 6.45) is 3.30. The molecule has 0 bridgehead atoms. The smallest absolute Gasteiger partial charge is 0.220 e. The number of rotatable bonds is 6. The highest BCUT2D eigenvalue weighted by Crippen LogP contribution is 2.10. The SMILES string of the molecule is Cc1cc(C)c(CNC(=O)CC[C@H](C)N2CCOCC2)cn1. The van der Waals surface area contributed by atoms with E-state index in [1.165, 1.54) is 5.56 Å². The fourth-order valence-electron chi connectivity index (χ4n) is 2.73. The Labute approximate surface area is 133 Å². The highest BCUT2D eigenvalue weighted by Gasteiger charge is 2.17. The summed E-state index contributed by atoms with van der Waals surface area (Å²) in [6.45, 7) is 10.3. The summed E-state index contributed by atoms with van der Waals surface area (Å²) in [4.78, 5) is 18.7. The summed E-state index contributed by atoms with van der Waals surface area (Å²) in [5, 5.41) is 3.00. The first-order chi connectivity index (χ1) is 10.6. The van der Waals surface area contributed by atoms with E-state index in [9.17, 15) is 4.79 Å². The first-order valence-corrected chi connectivity index (χ1v) is 8.07. The highest BCUT2D eigenvalue weighted by molar-refractivity contribution is 5.75. The fourth-order valence-corrected chi connectivity index (χ4v) is 2.73. The molecule has 122 valence electrons. The molecular formula is C17H27N3O2. The van der Waals surface area contributed by atoms with Gasteiger partial charge in [-0.05, 0) is 44.4 Å². The number of aromatic nitrogens is 1. The Balaban J connectivity index is 1.71. The summed E-state index contributed by atoms with van der Waals surface area (Å²) < 4.78 is 5.36. The first kappa shape index (κ1) is 16.9. The second kappa shape index (κ2) is 8.25. The number of amides is 1. The highest BCUT2D eigenvalue weighted by atomic mass is 16.5. The van der Waals surface area contributed by atoms with Crippen molar-refractivity contribution in [3.8, 4) is 0 Å². The molecule has 0 spiro atoms. The molecule has 5 heteroatoms. The second-order valence-corrected chi connectivity index (χ2v) is 6.06. The zero-order chi connectivity index (χ0) is 15.9. The minimum atomic E-state index is 0.111. The van der Waals surface area contributed by atoms with Crippen LogP contribution in [0.4, 0.5) is 0 Å². The average Bonchev–Trinajstić information content (AvgIpc) is 2.52. The van der Waals surface area contributed by atoms with Crippen molar-refractivity contribution in [2.24, 2.45) is 0 Å². The lowest BCUT2D eigenvalue weighted by Crippen LogP contribution is -2.42. The van der Waals surface area contributed by atoms with E-state index in [1.807, 2.05) is 19.2 Å². The van der Waals surface area contributed by atoms with E-state index in [-0.39, 0.29) is 5.91 Å². The van der Waals surface area contributed by atoms with Crippen LogP contribution in [0.15, 0.2) is 12.3 Å². The second-order valence-electron chi connectivity index (χ2n) is 6.06. The zero-order valence-electron chi connectivity index (χ0n) is 13.9. The van der Waals surface area contributed by atoms with E-state index in [1.54, 1.807) is 0 Å². The van der Waals surface area contributed by atoms with E-state index >= 15 is 0 Å². The number of pyridine rings is 1. The van der Waals surface area contributed by atoms with Gasteiger partial charge in [-0.25, -0.2) is 0 Å². The number of hydrogen-bond acceptors (Lipinski definition) is 4.